The first-order valence-electron chi connectivity index (χ1n) is 11.8. The molecule has 0 unspecified atom stereocenters. The number of carbonyl (C=O) groups is 1. The van der Waals surface area contributed by atoms with E-state index < -0.39 is 11.9 Å². The molecule has 3 aromatic heterocycles. The summed E-state index contributed by atoms with van der Waals surface area (Å²) >= 11 is 1.68. The smallest absolute Gasteiger partial charge is 0.304 e. The number of pyridine rings is 2. The highest BCUT2D eigenvalue weighted by Crippen LogP contribution is 2.36. The summed E-state index contributed by atoms with van der Waals surface area (Å²) in [5.74, 6) is 5.62. The number of rotatable bonds is 11. The van der Waals surface area contributed by atoms with Crippen LogP contribution in [0.3, 0.4) is 0 Å². The lowest BCUT2D eigenvalue weighted by Crippen LogP contribution is -2.05. The minimum absolute atomic E-state index is 0. The number of aromatic nitrogens is 2. The van der Waals surface area contributed by atoms with Crippen molar-refractivity contribution in [1.82, 2.24) is 9.97 Å². The van der Waals surface area contributed by atoms with E-state index in [0.29, 0.717) is 25.7 Å². The molecule has 0 saturated heterocycles. The highest BCUT2D eigenvalue weighted by atomic mass is 32.1. The van der Waals surface area contributed by atoms with Gasteiger partial charge in [-0.05, 0) is 48.7 Å². The first kappa shape index (κ1) is 29.0. The molecule has 198 valence electrons. The van der Waals surface area contributed by atoms with E-state index in [1.54, 1.807) is 43.8 Å². The molecule has 3 heterocycles. The number of carboxylic acids is 1. The Morgan fingerprint density at radius 1 is 1.11 bits per heavy atom. The number of aliphatic carboxylic acids is 1. The van der Waals surface area contributed by atoms with Crippen molar-refractivity contribution in [3.63, 3.8) is 0 Å². The number of hydrogen-bond acceptors (Lipinski definition) is 7. The Morgan fingerprint density at radius 3 is 2.63 bits per heavy atom. The van der Waals surface area contributed by atoms with Gasteiger partial charge in [0.1, 0.15) is 19.0 Å². The van der Waals surface area contributed by atoms with Crippen LogP contribution < -0.4 is 9.47 Å². The Balaban J connectivity index is 0.00000400. The molecule has 1 aromatic carbocycles. The predicted molar refractivity (Wildman–Crippen MR) is 155 cm³/mol. The summed E-state index contributed by atoms with van der Waals surface area (Å²) in [4.78, 5) is 20.2. The number of hydrogen-bond donors (Lipinski definition) is 1. The van der Waals surface area contributed by atoms with Gasteiger partial charge < -0.3 is 19.3 Å². The minimum Gasteiger partial charge on any atom is -0.490 e. The number of fused-ring (bicyclic) bond motifs is 1. The molecular formula is C29H30N2O5S2. The van der Waals surface area contributed by atoms with E-state index >= 15 is 0 Å². The zero-order valence-electron chi connectivity index (χ0n) is 21.5. The van der Waals surface area contributed by atoms with Crippen LogP contribution in [-0.2, 0) is 16.1 Å². The molecule has 4 aromatic rings. The van der Waals surface area contributed by atoms with Gasteiger partial charge in [-0.3, -0.25) is 9.78 Å². The van der Waals surface area contributed by atoms with Crippen LogP contribution in [0, 0.1) is 18.8 Å². The van der Waals surface area contributed by atoms with Gasteiger partial charge in [0.25, 0.3) is 0 Å². The van der Waals surface area contributed by atoms with Crippen molar-refractivity contribution in [2.75, 3.05) is 20.3 Å². The number of carboxylic acid groups (broad SMARTS) is 1. The van der Waals surface area contributed by atoms with Gasteiger partial charge in [-0.15, -0.1) is 17.3 Å². The van der Waals surface area contributed by atoms with Gasteiger partial charge in [0.15, 0.2) is 0 Å². The van der Waals surface area contributed by atoms with Crippen molar-refractivity contribution in [2.24, 2.45) is 0 Å². The first-order chi connectivity index (χ1) is 18.0. The van der Waals surface area contributed by atoms with Gasteiger partial charge in [0.2, 0.25) is 5.88 Å². The highest BCUT2D eigenvalue weighted by molar-refractivity contribution is 7.59. The average Bonchev–Trinajstić information content (AvgIpc) is 3.30. The molecular weight excluding hydrogens is 520 g/mol. The number of nitrogens with zero attached hydrogens (tertiary/aromatic N) is 2. The normalized spacial score (nSPS) is 11.2. The average molecular weight is 551 g/mol. The molecule has 0 radical (unpaired) electrons. The third-order valence-corrected chi connectivity index (χ3v) is 6.71. The molecule has 0 bridgehead atoms. The third-order valence-electron chi connectivity index (χ3n) is 5.75. The van der Waals surface area contributed by atoms with Crippen LogP contribution in [0.5, 0.6) is 11.6 Å². The van der Waals surface area contributed by atoms with E-state index in [1.165, 1.54) is 4.70 Å². The molecule has 9 heteroatoms. The molecule has 7 nitrogen and oxygen atoms in total. The summed E-state index contributed by atoms with van der Waals surface area (Å²) in [7, 11) is 1.65. The van der Waals surface area contributed by atoms with Crippen molar-refractivity contribution < 1.29 is 24.1 Å². The molecule has 0 aliphatic heterocycles. The van der Waals surface area contributed by atoms with Crippen LogP contribution in [0.1, 0.15) is 36.0 Å². The molecule has 0 fully saturated rings. The quantitative estimate of drug-likeness (QED) is 0.182. The van der Waals surface area contributed by atoms with Gasteiger partial charge in [0.05, 0.1) is 30.8 Å². The molecule has 4 rings (SSSR count). The molecule has 1 N–H and O–H groups in total. The summed E-state index contributed by atoms with van der Waals surface area (Å²) in [5.41, 5.74) is 4.80. The minimum atomic E-state index is -0.895. The van der Waals surface area contributed by atoms with E-state index in [9.17, 15) is 4.79 Å². The van der Waals surface area contributed by atoms with E-state index in [-0.39, 0.29) is 19.9 Å². The lowest BCUT2D eigenvalue weighted by atomic mass is 9.98. The fraction of sp³-hybridized carbons (Fsp3) is 0.276. The lowest BCUT2D eigenvalue weighted by Gasteiger charge is -2.11. The SMILES string of the molecule is CC#C[C@@H](CC(=O)O)c1ccc(OCc2ccc3scc(-c4ncc(OCCOC)cc4C)c3c2)nc1.S. The summed E-state index contributed by atoms with van der Waals surface area (Å²) in [5, 5.41) is 12.4. The largest absolute Gasteiger partial charge is 0.490 e. The molecule has 38 heavy (non-hydrogen) atoms. The molecule has 0 spiro atoms. The number of aryl methyl sites for hydroxylation is 1. The van der Waals surface area contributed by atoms with Gasteiger partial charge >= 0.3 is 5.97 Å². The second-order valence-electron chi connectivity index (χ2n) is 8.42. The van der Waals surface area contributed by atoms with E-state index in [4.69, 9.17) is 19.3 Å². The Bertz CT molecular complexity index is 1440. The van der Waals surface area contributed by atoms with Crippen LogP contribution in [0.2, 0.25) is 0 Å². The summed E-state index contributed by atoms with van der Waals surface area (Å²) < 4.78 is 17.8. The van der Waals surface area contributed by atoms with Gasteiger partial charge in [-0.25, -0.2) is 4.98 Å². The summed E-state index contributed by atoms with van der Waals surface area (Å²) in [6, 6.07) is 11.8. The maximum Gasteiger partial charge on any atom is 0.304 e. The Kier molecular flexibility index (Phi) is 10.5. The molecule has 1 atom stereocenters. The summed E-state index contributed by atoms with van der Waals surface area (Å²) in [6.07, 6.45) is 3.31. The van der Waals surface area contributed by atoms with Crippen LogP contribution in [0.15, 0.2) is 54.2 Å². The number of thiophene rings is 1. The van der Waals surface area contributed by atoms with Gasteiger partial charge in [-0.1, -0.05) is 18.1 Å². The van der Waals surface area contributed by atoms with Crippen LogP contribution in [0.25, 0.3) is 21.3 Å². The lowest BCUT2D eigenvalue weighted by molar-refractivity contribution is -0.137. The first-order valence-corrected chi connectivity index (χ1v) is 12.7. The number of methoxy groups -OCH3 is 1. The topological polar surface area (TPSA) is 90.8 Å². The second kappa shape index (κ2) is 13.8. The van der Waals surface area contributed by atoms with Crippen molar-refractivity contribution in [3.8, 4) is 34.7 Å². The van der Waals surface area contributed by atoms with E-state index in [1.807, 2.05) is 25.1 Å². The third kappa shape index (κ3) is 7.25. The highest BCUT2D eigenvalue weighted by Gasteiger charge is 2.15. The Morgan fingerprint density at radius 2 is 1.95 bits per heavy atom. The number of benzene rings is 1. The van der Waals surface area contributed by atoms with Crippen molar-refractivity contribution in [2.45, 2.75) is 32.8 Å². The van der Waals surface area contributed by atoms with Crippen LogP contribution in [0.4, 0.5) is 0 Å². The Labute approximate surface area is 233 Å². The maximum atomic E-state index is 11.1. The zero-order valence-corrected chi connectivity index (χ0v) is 23.3. The van der Waals surface area contributed by atoms with Gasteiger partial charge in [-0.2, -0.15) is 13.5 Å². The molecule has 0 amide bonds. The monoisotopic (exact) mass is 550 g/mol. The molecule has 0 saturated carbocycles. The van der Waals surface area contributed by atoms with Crippen molar-refractivity contribution >= 4 is 40.9 Å². The van der Waals surface area contributed by atoms with Crippen LogP contribution >= 0.6 is 24.8 Å². The van der Waals surface area contributed by atoms with Gasteiger partial charge in [0, 0.05) is 40.4 Å². The van der Waals surface area contributed by atoms with Crippen molar-refractivity contribution in [1.29, 1.82) is 0 Å². The maximum absolute atomic E-state index is 11.1. The second-order valence-corrected chi connectivity index (χ2v) is 9.33. The van der Waals surface area contributed by atoms with E-state index in [2.05, 4.69) is 39.3 Å². The zero-order chi connectivity index (χ0) is 26.2. The molecule has 0 aliphatic carbocycles. The fourth-order valence-corrected chi connectivity index (χ4v) is 4.87. The number of ether oxygens (including phenoxy) is 3. The van der Waals surface area contributed by atoms with E-state index in [0.717, 1.165) is 39.1 Å². The molecule has 0 aliphatic rings. The predicted octanol–water partition coefficient (Wildman–Crippen LogP) is 5.97. The fourth-order valence-electron chi connectivity index (χ4n) is 3.94. The van der Waals surface area contributed by atoms with Crippen molar-refractivity contribution in [3.05, 3.63) is 70.9 Å². The van der Waals surface area contributed by atoms with Crippen LogP contribution in [-0.4, -0.2) is 41.4 Å². The Hall–Kier alpha value is -3.58. The summed E-state index contributed by atoms with van der Waals surface area (Å²) in [6.45, 7) is 5.09. The standard InChI is InChI=1S/C29H28N2O5S.H2S/c1-4-5-21(14-28(32)33)22-7-9-27(30-15-22)36-17-20-6-8-26-24(13-20)25(18-37-26)29-19(2)12-23(16-31-29)35-11-10-34-3;/h6-9,12-13,15-16,18,21H,10-11,14,17H2,1-3H3,(H,32,33);1H2/t21-;/m0./s1.